The van der Waals surface area contributed by atoms with Crippen molar-refractivity contribution in [2.75, 3.05) is 13.7 Å². The van der Waals surface area contributed by atoms with Crippen LogP contribution in [-0.4, -0.2) is 30.5 Å². The van der Waals surface area contributed by atoms with Crippen LogP contribution in [0.15, 0.2) is 25.3 Å². The van der Waals surface area contributed by atoms with Crippen molar-refractivity contribution < 1.29 is 14.6 Å². The lowest BCUT2D eigenvalue weighted by molar-refractivity contribution is -0.00532. The Kier molecular flexibility index (Phi) is 4.12. The number of rotatable bonds is 4. The SMILES string of the molecule is C=C[C@@H]1CC[C@@H](C=C)C1(O)CNC(=O)OC. The van der Waals surface area contributed by atoms with E-state index in [1.807, 2.05) is 0 Å². The third-order valence-electron chi connectivity index (χ3n) is 3.34. The summed E-state index contributed by atoms with van der Waals surface area (Å²) in [6, 6.07) is 0. The molecule has 0 aliphatic heterocycles. The van der Waals surface area contributed by atoms with E-state index in [2.05, 4.69) is 23.2 Å². The summed E-state index contributed by atoms with van der Waals surface area (Å²) in [5.41, 5.74) is -0.988. The molecule has 1 aliphatic carbocycles. The van der Waals surface area contributed by atoms with Crippen LogP contribution >= 0.6 is 0 Å². The molecule has 2 atom stereocenters. The number of hydrogen-bond acceptors (Lipinski definition) is 3. The van der Waals surface area contributed by atoms with Crippen LogP contribution in [0.25, 0.3) is 0 Å². The summed E-state index contributed by atoms with van der Waals surface area (Å²) in [4.78, 5) is 11.0. The monoisotopic (exact) mass is 225 g/mol. The molecule has 2 N–H and O–H groups in total. The maximum absolute atomic E-state index is 11.0. The second kappa shape index (κ2) is 5.16. The molecule has 1 fully saturated rings. The number of alkyl carbamates (subject to hydrolysis) is 1. The number of amides is 1. The summed E-state index contributed by atoms with van der Waals surface area (Å²) in [5, 5.41) is 13.1. The van der Waals surface area contributed by atoms with Gasteiger partial charge in [0.25, 0.3) is 0 Å². The van der Waals surface area contributed by atoms with Crippen molar-refractivity contribution in [2.24, 2.45) is 11.8 Å². The van der Waals surface area contributed by atoms with Crippen LogP contribution in [0.2, 0.25) is 0 Å². The zero-order valence-electron chi connectivity index (χ0n) is 9.61. The molecule has 0 aromatic carbocycles. The van der Waals surface area contributed by atoms with Crippen LogP contribution in [0, 0.1) is 11.8 Å². The van der Waals surface area contributed by atoms with E-state index in [1.165, 1.54) is 7.11 Å². The van der Waals surface area contributed by atoms with Gasteiger partial charge in [0.15, 0.2) is 0 Å². The molecule has 0 heterocycles. The average Bonchev–Trinajstić information content (AvgIpc) is 2.62. The number of ether oxygens (including phenoxy) is 1. The zero-order valence-corrected chi connectivity index (χ0v) is 9.61. The van der Waals surface area contributed by atoms with Gasteiger partial charge in [0, 0.05) is 11.8 Å². The van der Waals surface area contributed by atoms with Crippen LogP contribution < -0.4 is 5.32 Å². The van der Waals surface area contributed by atoms with Gasteiger partial charge >= 0.3 is 6.09 Å². The van der Waals surface area contributed by atoms with Gasteiger partial charge in [0.1, 0.15) is 0 Å². The minimum atomic E-state index is -0.988. The minimum absolute atomic E-state index is 0.0207. The lowest BCUT2D eigenvalue weighted by atomic mass is 9.84. The van der Waals surface area contributed by atoms with Gasteiger partial charge in [-0.3, -0.25) is 0 Å². The van der Waals surface area contributed by atoms with E-state index in [1.54, 1.807) is 12.2 Å². The molecule has 0 aromatic rings. The smallest absolute Gasteiger partial charge is 0.406 e. The Morgan fingerprint density at radius 2 is 2.00 bits per heavy atom. The molecule has 4 nitrogen and oxygen atoms in total. The number of carbonyl (C=O) groups is 1. The fraction of sp³-hybridized carbons (Fsp3) is 0.583. The maximum atomic E-state index is 11.0. The maximum Gasteiger partial charge on any atom is 0.406 e. The molecule has 0 unspecified atom stereocenters. The van der Waals surface area contributed by atoms with E-state index >= 15 is 0 Å². The summed E-state index contributed by atoms with van der Waals surface area (Å²) in [6.45, 7) is 7.59. The van der Waals surface area contributed by atoms with Crippen LogP contribution in [0.1, 0.15) is 12.8 Å². The molecule has 4 heteroatoms. The number of aliphatic hydroxyl groups is 1. The molecule has 16 heavy (non-hydrogen) atoms. The second-order valence-electron chi connectivity index (χ2n) is 4.10. The highest BCUT2D eigenvalue weighted by Gasteiger charge is 2.46. The van der Waals surface area contributed by atoms with Gasteiger partial charge < -0.3 is 15.2 Å². The van der Waals surface area contributed by atoms with E-state index < -0.39 is 11.7 Å². The quantitative estimate of drug-likeness (QED) is 0.712. The van der Waals surface area contributed by atoms with Gasteiger partial charge in [-0.1, -0.05) is 12.2 Å². The van der Waals surface area contributed by atoms with E-state index in [9.17, 15) is 9.90 Å². The van der Waals surface area contributed by atoms with Crippen LogP contribution in [0.4, 0.5) is 4.79 Å². The van der Waals surface area contributed by atoms with E-state index in [0.29, 0.717) is 0 Å². The van der Waals surface area contributed by atoms with Crippen molar-refractivity contribution in [1.29, 1.82) is 0 Å². The standard InChI is InChI=1S/C12H19NO3/c1-4-9-6-7-10(5-2)12(9,15)8-13-11(14)16-3/h4-5,9-10,15H,1-2,6-8H2,3H3,(H,13,14)/t9-,10-/m1/s1. The number of nitrogens with one attached hydrogen (secondary N) is 1. The summed E-state index contributed by atoms with van der Waals surface area (Å²) in [6.07, 6.45) is 4.66. The van der Waals surface area contributed by atoms with E-state index in [0.717, 1.165) is 12.8 Å². The Labute approximate surface area is 96.0 Å². The van der Waals surface area contributed by atoms with Gasteiger partial charge in [-0.25, -0.2) is 4.79 Å². The highest BCUT2D eigenvalue weighted by Crippen LogP contribution is 2.41. The fourth-order valence-corrected chi connectivity index (χ4v) is 2.33. The molecule has 1 saturated carbocycles. The number of methoxy groups -OCH3 is 1. The first kappa shape index (κ1) is 12.8. The number of carbonyl (C=O) groups excluding carboxylic acids is 1. The van der Waals surface area contributed by atoms with Crippen LogP contribution in [0.3, 0.4) is 0 Å². The van der Waals surface area contributed by atoms with Gasteiger partial charge in [0.05, 0.1) is 19.3 Å². The first-order valence-corrected chi connectivity index (χ1v) is 5.37. The molecule has 1 aliphatic rings. The molecular weight excluding hydrogens is 206 g/mol. The van der Waals surface area contributed by atoms with Gasteiger partial charge in [-0.05, 0) is 12.8 Å². The molecule has 1 amide bonds. The highest BCUT2D eigenvalue weighted by atomic mass is 16.5. The Balaban J connectivity index is 2.72. The Hall–Kier alpha value is -1.29. The minimum Gasteiger partial charge on any atom is -0.453 e. The van der Waals surface area contributed by atoms with Crippen molar-refractivity contribution in [3.63, 3.8) is 0 Å². The van der Waals surface area contributed by atoms with Crippen molar-refractivity contribution in [3.05, 3.63) is 25.3 Å². The first-order valence-electron chi connectivity index (χ1n) is 5.37. The lowest BCUT2D eigenvalue weighted by Crippen LogP contribution is -2.49. The third-order valence-corrected chi connectivity index (χ3v) is 3.34. The van der Waals surface area contributed by atoms with Crippen molar-refractivity contribution in [3.8, 4) is 0 Å². The first-order chi connectivity index (χ1) is 7.58. The molecular formula is C12H19NO3. The molecule has 0 saturated heterocycles. The zero-order chi connectivity index (χ0) is 12.2. The van der Waals surface area contributed by atoms with E-state index in [4.69, 9.17) is 0 Å². The Morgan fingerprint density at radius 1 is 1.50 bits per heavy atom. The van der Waals surface area contributed by atoms with Gasteiger partial charge in [-0.2, -0.15) is 0 Å². The van der Waals surface area contributed by atoms with Gasteiger partial charge in [-0.15, -0.1) is 13.2 Å². The molecule has 0 radical (unpaired) electrons. The fourth-order valence-electron chi connectivity index (χ4n) is 2.33. The summed E-state index contributed by atoms with van der Waals surface area (Å²) >= 11 is 0. The van der Waals surface area contributed by atoms with Gasteiger partial charge in [0.2, 0.25) is 0 Å². The molecule has 0 aromatic heterocycles. The predicted molar refractivity (Wildman–Crippen MR) is 62.0 cm³/mol. The van der Waals surface area contributed by atoms with Crippen LogP contribution in [0.5, 0.6) is 0 Å². The topological polar surface area (TPSA) is 58.6 Å². The molecule has 0 spiro atoms. The Morgan fingerprint density at radius 3 is 2.38 bits per heavy atom. The third kappa shape index (κ3) is 2.27. The van der Waals surface area contributed by atoms with Crippen LogP contribution in [-0.2, 0) is 4.74 Å². The second-order valence-corrected chi connectivity index (χ2v) is 4.10. The number of hydrogen-bond donors (Lipinski definition) is 2. The summed E-state index contributed by atoms with van der Waals surface area (Å²) < 4.78 is 4.48. The van der Waals surface area contributed by atoms with Crippen molar-refractivity contribution in [1.82, 2.24) is 5.32 Å². The lowest BCUT2D eigenvalue weighted by Gasteiger charge is -2.32. The summed E-state index contributed by atoms with van der Waals surface area (Å²) in [5.74, 6) is -0.0414. The average molecular weight is 225 g/mol. The van der Waals surface area contributed by atoms with Crippen molar-refractivity contribution >= 4 is 6.09 Å². The molecule has 90 valence electrons. The largest absolute Gasteiger partial charge is 0.453 e. The normalized spacial score (nSPS) is 27.1. The van der Waals surface area contributed by atoms with E-state index in [-0.39, 0.29) is 18.4 Å². The molecule has 1 rings (SSSR count). The summed E-state index contributed by atoms with van der Waals surface area (Å²) in [7, 11) is 1.30. The Bertz CT molecular complexity index is 272. The highest BCUT2D eigenvalue weighted by molar-refractivity contribution is 5.67. The molecule has 0 bridgehead atoms. The van der Waals surface area contributed by atoms with Crippen molar-refractivity contribution in [2.45, 2.75) is 18.4 Å². The predicted octanol–water partition coefficient (Wildman–Crippen LogP) is 1.47.